The van der Waals surface area contributed by atoms with Crippen molar-refractivity contribution >= 4 is 39.9 Å². The molecule has 0 aliphatic heterocycles. The number of hydrogen-bond donors (Lipinski definition) is 3. The summed E-state index contributed by atoms with van der Waals surface area (Å²) in [6.45, 7) is 0.468. The van der Waals surface area contributed by atoms with Crippen molar-refractivity contribution in [1.29, 1.82) is 0 Å². The molecule has 126 valence electrons. The van der Waals surface area contributed by atoms with Crippen LogP contribution in [0.2, 0.25) is 10.0 Å². The fraction of sp³-hybridized carbons (Fsp3) is 0.0625. The lowest BCUT2D eigenvalue weighted by Crippen LogP contribution is -1.99. The van der Waals surface area contributed by atoms with Crippen LogP contribution in [-0.2, 0) is 6.54 Å². The lowest BCUT2D eigenvalue weighted by Gasteiger charge is -2.09. The number of nitrogens with one attached hydrogen (secondary N) is 2. The van der Waals surface area contributed by atoms with Crippen LogP contribution in [0.3, 0.4) is 0 Å². The van der Waals surface area contributed by atoms with Gasteiger partial charge < -0.3 is 14.8 Å². The summed E-state index contributed by atoms with van der Waals surface area (Å²) in [5.41, 5.74) is 2.30. The molecule has 0 saturated carbocycles. The van der Waals surface area contributed by atoms with E-state index in [0.29, 0.717) is 28.7 Å². The number of anilines is 1. The number of furan rings is 1. The highest BCUT2D eigenvalue weighted by atomic mass is 35.5. The maximum atomic E-state index is 9.46. The molecule has 0 unspecified atom stereocenters. The van der Waals surface area contributed by atoms with Gasteiger partial charge in [-0.3, -0.25) is 0 Å². The third-order valence-electron chi connectivity index (χ3n) is 3.69. The number of rotatable bonds is 4. The first kappa shape index (κ1) is 15.7. The van der Waals surface area contributed by atoms with Crippen molar-refractivity contribution in [1.82, 2.24) is 20.6 Å². The molecule has 0 amide bonds. The van der Waals surface area contributed by atoms with Gasteiger partial charge in [0.05, 0.1) is 5.02 Å². The normalized spacial score (nSPS) is 11.1. The van der Waals surface area contributed by atoms with Gasteiger partial charge in [-0.2, -0.15) is 0 Å². The van der Waals surface area contributed by atoms with Crippen molar-refractivity contribution < 1.29 is 9.52 Å². The van der Waals surface area contributed by atoms with Crippen LogP contribution in [0.1, 0.15) is 5.56 Å². The highest BCUT2D eigenvalue weighted by Gasteiger charge is 2.12. The predicted octanol–water partition coefficient (Wildman–Crippen LogP) is 4.24. The largest absolute Gasteiger partial charge is 0.506 e. The van der Waals surface area contributed by atoms with Crippen LogP contribution in [0.4, 0.5) is 5.69 Å². The third kappa shape index (κ3) is 3.11. The molecule has 25 heavy (non-hydrogen) atoms. The Kier molecular flexibility index (Phi) is 3.95. The number of aromatic nitrogens is 4. The fourth-order valence-corrected chi connectivity index (χ4v) is 2.85. The van der Waals surface area contributed by atoms with E-state index in [1.54, 1.807) is 12.1 Å². The van der Waals surface area contributed by atoms with Crippen molar-refractivity contribution in [3.05, 3.63) is 52.0 Å². The van der Waals surface area contributed by atoms with Gasteiger partial charge in [-0.15, -0.1) is 5.10 Å². The minimum absolute atomic E-state index is 0.0386. The Hall–Kier alpha value is -2.77. The molecular weight excluding hydrogens is 365 g/mol. The second-order valence-electron chi connectivity index (χ2n) is 5.36. The summed E-state index contributed by atoms with van der Waals surface area (Å²) in [6.07, 6.45) is 0. The van der Waals surface area contributed by atoms with Crippen molar-refractivity contribution in [2.75, 3.05) is 5.32 Å². The first-order chi connectivity index (χ1) is 12.1. The number of tetrazole rings is 1. The molecule has 7 nitrogen and oxygen atoms in total. The van der Waals surface area contributed by atoms with E-state index in [-0.39, 0.29) is 10.8 Å². The van der Waals surface area contributed by atoms with Crippen LogP contribution in [-0.4, -0.2) is 25.7 Å². The molecule has 0 radical (unpaired) electrons. The number of aromatic hydroxyl groups is 1. The molecule has 4 aromatic rings. The molecule has 4 rings (SSSR count). The van der Waals surface area contributed by atoms with Gasteiger partial charge in [0.2, 0.25) is 5.82 Å². The van der Waals surface area contributed by atoms with Crippen LogP contribution in [0.25, 0.3) is 22.6 Å². The van der Waals surface area contributed by atoms with Crippen LogP contribution in [0.5, 0.6) is 5.75 Å². The lowest BCUT2D eigenvalue weighted by molar-refractivity contribution is 0.475. The van der Waals surface area contributed by atoms with E-state index in [0.717, 1.165) is 16.6 Å². The van der Waals surface area contributed by atoms with Gasteiger partial charge in [0, 0.05) is 22.6 Å². The Balaban J connectivity index is 1.60. The molecule has 2 aromatic carbocycles. The van der Waals surface area contributed by atoms with E-state index in [1.807, 2.05) is 18.2 Å². The summed E-state index contributed by atoms with van der Waals surface area (Å²) in [5.74, 6) is 1.02. The number of H-pyrrole nitrogens is 1. The molecule has 9 heteroatoms. The quantitative estimate of drug-likeness (QED) is 0.461. The molecule has 0 saturated heterocycles. The number of halogens is 2. The standard InChI is InChI=1S/C16H11Cl2N5O2/c17-11-3-8-4-15(16-20-22-23-21-16)25-14(8)5-9(11)7-19-10-1-2-13(24)12(18)6-10/h1-6,19,24H,7H2,(H,20,21,22,23). The van der Waals surface area contributed by atoms with Crippen LogP contribution >= 0.6 is 23.2 Å². The van der Waals surface area contributed by atoms with E-state index in [2.05, 4.69) is 25.9 Å². The summed E-state index contributed by atoms with van der Waals surface area (Å²) in [4.78, 5) is 0. The minimum atomic E-state index is 0.0386. The van der Waals surface area contributed by atoms with Gasteiger partial charge in [0.15, 0.2) is 5.76 Å². The molecular formula is C16H11Cl2N5O2. The van der Waals surface area contributed by atoms with Crippen LogP contribution in [0.15, 0.2) is 40.8 Å². The van der Waals surface area contributed by atoms with Crippen molar-refractivity contribution in [2.24, 2.45) is 0 Å². The Morgan fingerprint density at radius 1 is 1.12 bits per heavy atom. The number of hydrogen-bond acceptors (Lipinski definition) is 6. The zero-order chi connectivity index (χ0) is 17.4. The van der Waals surface area contributed by atoms with Gasteiger partial charge in [0.1, 0.15) is 11.3 Å². The number of phenols is 1. The molecule has 0 spiro atoms. The zero-order valence-corrected chi connectivity index (χ0v) is 14.1. The number of fused-ring (bicyclic) bond motifs is 1. The monoisotopic (exact) mass is 375 g/mol. The molecule has 0 aliphatic carbocycles. The Bertz CT molecular complexity index is 1050. The summed E-state index contributed by atoms with van der Waals surface area (Å²) in [7, 11) is 0. The van der Waals surface area contributed by atoms with E-state index >= 15 is 0 Å². The second-order valence-corrected chi connectivity index (χ2v) is 6.18. The highest BCUT2D eigenvalue weighted by Crippen LogP contribution is 2.31. The molecule has 0 aliphatic rings. The van der Waals surface area contributed by atoms with Crippen molar-refractivity contribution in [3.8, 4) is 17.3 Å². The Labute approximate surface area is 151 Å². The zero-order valence-electron chi connectivity index (χ0n) is 12.6. The Morgan fingerprint density at radius 3 is 2.76 bits per heavy atom. The topological polar surface area (TPSA) is 99.9 Å². The molecule has 0 bridgehead atoms. The van der Waals surface area contributed by atoms with Crippen LogP contribution < -0.4 is 5.32 Å². The van der Waals surface area contributed by atoms with E-state index < -0.39 is 0 Å². The van der Waals surface area contributed by atoms with Gasteiger partial charge in [0.25, 0.3) is 0 Å². The first-order valence-electron chi connectivity index (χ1n) is 7.28. The average molecular weight is 376 g/mol. The van der Waals surface area contributed by atoms with E-state index in [1.165, 1.54) is 6.07 Å². The SMILES string of the molecule is Oc1ccc(NCc2cc3oc(-c4nnn[nH]4)cc3cc2Cl)cc1Cl. The molecule has 0 atom stereocenters. The van der Waals surface area contributed by atoms with Crippen molar-refractivity contribution in [3.63, 3.8) is 0 Å². The number of benzene rings is 2. The lowest BCUT2D eigenvalue weighted by atomic mass is 10.1. The summed E-state index contributed by atoms with van der Waals surface area (Å²) >= 11 is 12.3. The summed E-state index contributed by atoms with van der Waals surface area (Å²) in [6, 6.07) is 10.4. The van der Waals surface area contributed by atoms with Gasteiger partial charge >= 0.3 is 0 Å². The summed E-state index contributed by atoms with van der Waals surface area (Å²) < 4.78 is 5.78. The molecule has 2 aromatic heterocycles. The van der Waals surface area contributed by atoms with Gasteiger partial charge in [-0.05, 0) is 52.4 Å². The second kappa shape index (κ2) is 6.27. The highest BCUT2D eigenvalue weighted by molar-refractivity contribution is 6.32. The van der Waals surface area contributed by atoms with Gasteiger partial charge in [-0.1, -0.05) is 23.2 Å². The van der Waals surface area contributed by atoms with Gasteiger partial charge in [-0.25, -0.2) is 5.10 Å². The molecule has 3 N–H and O–H groups in total. The van der Waals surface area contributed by atoms with E-state index in [4.69, 9.17) is 27.6 Å². The molecule has 0 fully saturated rings. The average Bonchev–Trinajstić information content (AvgIpc) is 3.24. The smallest absolute Gasteiger partial charge is 0.215 e. The van der Waals surface area contributed by atoms with Crippen LogP contribution in [0, 0.1) is 0 Å². The molecule has 2 heterocycles. The predicted molar refractivity (Wildman–Crippen MR) is 94.8 cm³/mol. The number of nitrogens with zero attached hydrogens (tertiary/aromatic N) is 3. The Morgan fingerprint density at radius 2 is 2.00 bits per heavy atom. The number of aromatic amines is 1. The maximum absolute atomic E-state index is 9.46. The number of phenolic OH excluding ortho intramolecular Hbond substituents is 1. The van der Waals surface area contributed by atoms with E-state index in [9.17, 15) is 5.11 Å². The minimum Gasteiger partial charge on any atom is -0.506 e. The van der Waals surface area contributed by atoms with Crippen molar-refractivity contribution in [2.45, 2.75) is 6.54 Å². The fourth-order valence-electron chi connectivity index (χ4n) is 2.43. The third-order valence-corrected chi connectivity index (χ3v) is 4.35. The maximum Gasteiger partial charge on any atom is 0.215 e. The first-order valence-corrected chi connectivity index (χ1v) is 8.04. The summed E-state index contributed by atoms with van der Waals surface area (Å²) in [5, 5.41) is 28.0.